The van der Waals surface area contributed by atoms with E-state index < -0.39 is 0 Å². The fraction of sp³-hybridized carbons (Fsp3) is 0.938. The van der Waals surface area contributed by atoms with Gasteiger partial charge in [-0.3, -0.25) is 4.79 Å². The molecule has 1 spiro atoms. The number of carbonyl (C=O) groups is 1. The molecule has 3 saturated carbocycles. The number of hydrogen-bond donors (Lipinski definition) is 1. The third kappa shape index (κ3) is 1.40. The molecule has 0 aromatic heterocycles. The van der Waals surface area contributed by atoms with Crippen LogP contribution in [0.1, 0.15) is 32.1 Å². The Morgan fingerprint density at radius 2 is 1.95 bits per heavy atom. The summed E-state index contributed by atoms with van der Waals surface area (Å²) in [4.78, 5) is 15.0. The summed E-state index contributed by atoms with van der Waals surface area (Å²) in [7, 11) is 0. The average Bonchev–Trinajstić information content (AvgIpc) is 2.95. The maximum absolute atomic E-state index is 12.8. The molecule has 5 rings (SSSR count). The Morgan fingerprint density at radius 1 is 1.16 bits per heavy atom. The van der Waals surface area contributed by atoms with Crippen LogP contribution in [-0.2, 0) is 4.79 Å². The van der Waals surface area contributed by atoms with E-state index in [1.807, 2.05) is 0 Å². The van der Waals surface area contributed by atoms with Crippen molar-refractivity contribution in [3.63, 3.8) is 0 Å². The normalized spacial score (nSPS) is 54.1. The van der Waals surface area contributed by atoms with E-state index in [2.05, 4.69) is 10.2 Å². The molecular weight excluding hydrogens is 236 g/mol. The van der Waals surface area contributed by atoms with E-state index in [1.165, 1.54) is 32.1 Å². The Hall–Kier alpha value is -0.570. The van der Waals surface area contributed by atoms with Gasteiger partial charge in [-0.15, -0.1) is 0 Å². The Balaban J connectivity index is 1.29. The molecule has 2 saturated heterocycles. The van der Waals surface area contributed by atoms with Gasteiger partial charge in [-0.2, -0.15) is 0 Å². The summed E-state index contributed by atoms with van der Waals surface area (Å²) in [5.74, 6) is 4.46. The van der Waals surface area contributed by atoms with E-state index in [4.69, 9.17) is 0 Å². The zero-order valence-electron chi connectivity index (χ0n) is 11.6. The zero-order valence-corrected chi connectivity index (χ0v) is 11.6. The topological polar surface area (TPSA) is 32.3 Å². The van der Waals surface area contributed by atoms with Gasteiger partial charge < -0.3 is 10.2 Å². The second-order valence-electron chi connectivity index (χ2n) is 7.95. The minimum absolute atomic E-state index is 0.443. The van der Waals surface area contributed by atoms with Crippen molar-refractivity contribution in [3.05, 3.63) is 0 Å². The molecule has 3 aliphatic carbocycles. The highest BCUT2D eigenvalue weighted by molar-refractivity contribution is 5.83. The Morgan fingerprint density at radius 3 is 2.63 bits per heavy atom. The molecule has 5 atom stereocenters. The summed E-state index contributed by atoms with van der Waals surface area (Å²) in [5.41, 5.74) is 0.443. The number of hydrogen-bond acceptors (Lipinski definition) is 2. The van der Waals surface area contributed by atoms with Gasteiger partial charge in [0.1, 0.15) is 0 Å². The van der Waals surface area contributed by atoms with Gasteiger partial charge in [0.15, 0.2) is 0 Å². The summed E-state index contributed by atoms with van der Waals surface area (Å²) >= 11 is 0. The molecule has 5 aliphatic rings. The van der Waals surface area contributed by atoms with Crippen LogP contribution in [0.3, 0.4) is 0 Å². The van der Waals surface area contributed by atoms with Crippen LogP contribution < -0.4 is 5.32 Å². The predicted molar refractivity (Wildman–Crippen MR) is 72.4 cm³/mol. The molecule has 5 fully saturated rings. The maximum atomic E-state index is 12.8. The lowest BCUT2D eigenvalue weighted by Gasteiger charge is -2.23. The molecule has 5 unspecified atom stereocenters. The van der Waals surface area contributed by atoms with Gasteiger partial charge in [0.05, 0.1) is 0 Å². The van der Waals surface area contributed by atoms with Crippen LogP contribution >= 0.6 is 0 Å². The first kappa shape index (κ1) is 11.1. The van der Waals surface area contributed by atoms with Crippen LogP contribution in [0.4, 0.5) is 0 Å². The van der Waals surface area contributed by atoms with E-state index in [1.54, 1.807) is 0 Å². The highest BCUT2D eigenvalue weighted by atomic mass is 16.2. The molecule has 19 heavy (non-hydrogen) atoms. The third-order valence-corrected chi connectivity index (χ3v) is 7.10. The van der Waals surface area contributed by atoms with Gasteiger partial charge >= 0.3 is 0 Å². The maximum Gasteiger partial charge on any atom is 0.226 e. The van der Waals surface area contributed by atoms with Crippen LogP contribution in [0.15, 0.2) is 0 Å². The van der Waals surface area contributed by atoms with E-state index in [0.29, 0.717) is 17.2 Å². The number of nitrogens with one attached hydrogen (secondary N) is 1. The molecule has 2 aliphatic heterocycles. The van der Waals surface area contributed by atoms with Crippen molar-refractivity contribution in [1.29, 1.82) is 0 Å². The molecule has 0 radical (unpaired) electrons. The number of likely N-dealkylation sites (tertiary alicyclic amines) is 1. The van der Waals surface area contributed by atoms with Crippen molar-refractivity contribution in [3.8, 4) is 0 Å². The first-order valence-corrected chi connectivity index (χ1v) is 8.27. The molecule has 1 amide bonds. The van der Waals surface area contributed by atoms with Gasteiger partial charge in [-0.25, -0.2) is 0 Å². The van der Waals surface area contributed by atoms with Crippen molar-refractivity contribution < 1.29 is 4.79 Å². The number of rotatable bonds is 1. The molecule has 0 aromatic carbocycles. The van der Waals surface area contributed by atoms with Crippen molar-refractivity contribution in [1.82, 2.24) is 10.2 Å². The monoisotopic (exact) mass is 260 g/mol. The van der Waals surface area contributed by atoms with Crippen molar-refractivity contribution in [2.45, 2.75) is 32.1 Å². The number of amides is 1. The summed E-state index contributed by atoms with van der Waals surface area (Å²) in [5, 5.41) is 3.49. The van der Waals surface area contributed by atoms with E-state index in [0.717, 1.165) is 49.9 Å². The molecule has 3 nitrogen and oxygen atoms in total. The largest absolute Gasteiger partial charge is 0.342 e. The summed E-state index contributed by atoms with van der Waals surface area (Å²) in [6.45, 7) is 4.37. The van der Waals surface area contributed by atoms with Gasteiger partial charge in [0, 0.05) is 31.0 Å². The average molecular weight is 260 g/mol. The highest BCUT2D eigenvalue weighted by Crippen LogP contribution is 2.69. The lowest BCUT2D eigenvalue weighted by Crippen LogP contribution is -2.35. The molecule has 2 heterocycles. The lowest BCUT2D eigenvalue weighted by molar-refractivity contribution is -0.133. The molecular formula is C16H24N2O. The van der Waals surface area contributed by atoms with E-state index >= 15 is 0 Å². The Labute approximate surface area is 115 Å². The number of fused-ring (bicyclic) bond motifs is 5. The fourth-order valence-corrected chi connectivity index (χ4v) is 6.13. The zero-order chi connectivity index (χ0) is 12.6. The van der Waals surface area contributed by atoms with E-state index in [-0.39, 0.29) is 0 Å². The molecule has 3 heteroatoms. The number of carbonyl (C=O) groups excluding carboxylic acids is 1. The first-order valence-electron chi connectivity index (χ1n) is 8.27. The van der Waals surface area contributed by atoms with E-state index in [9.17, 15) is 4.79 Å². The minimum Gasteiger partial charge on any atom is -0.342 e. The van der Waals surface area contributed by atoms with Crippen LogP contribution in [-0.4, -0.2) is 37.0 Å². The SMILES string of the molecule is O=C(C1C2C3CCC(C3)C12)N1CCC2(CCNC2)C1. The van der Waals surface area contributed by atoms with Crippen LogP contribution in [0.2, 0.25) is 0 Å². The standard InChI is InChI=1S/C16H24N2O/c19-15(14-12-10-1-2-11(7-10)13(12)14)18-6-4-16(9-18)3-5-17-8-16/h10-14,17H,1-9H2. The summed E-state index contributed by atoms with van der Waals surface area (Å²) < 4.78 is 0. The predicted octanol–water partition coefficient (Wildman–Crippen LogP) is 1.49. The molecule has 104 valence electrons. The summed E-state index contributed by atoms with van der Waals surface area (Å²) in [6.07, 6.45) is 6.81. The van der Waals surface area contributed by atoms with Crippen molar-refractivity contribution in [2.75, 3.05) is 26.2 Å². The minimum atomic E-state index is 0.443. The van der Waals surface area contributed by atoms with Gasteiger partial charge in [0.25, 0.3) is 0 Å². The Kier molecular flexibility index (Phi) is 2.08. The van der Waals surface area contributed by atoms with Crippen LogP contribution in [0.5, 0.6) is 0 Å². The quantitative estimate of drug-likeness (QED) is 0.775. The third-order valence-electron chi connectivity index (χ3n) is 7.10. The molecule has 1 N–H and O–H groups in total. The first-order chi connectivity index (χ1) is 9.27. The summed E-state index contributed by atoms with van der Waals surface area (Å²) in [6, 6.07) is 0. The van der Waals surface area contributed by atoms with Gasteiger partial charge in [-0.05, 0) is 62.3 Å². The van der Waals surface area contributed by atoms with Crippen LogP contribution in [0.25, 0.3) is 0 Å². The smallest absolute Gasteiger partial charge is 0.226 e. The van der Waals surface area contributed by atoms with Gasteiger partial charge in [-0.1, -0.05) is 0 Å². The molecule has 2 bridgehead atoms. The molecule has 0 aromatic rings. The second kappa shape index (κ2) is 3.55. The number of nitrogens with zero attached hydrogens (tertiary/aromatic N) is 1. The second-order valence-corrected chi connectivity index (χ2v) is 7.95. The lowest BCUT2D eigenvalue weighted by atomic mass is 9.86. The van der Waals surface area contributed by atoms with Crippen molar-refractivity contribution in [2.24, 2.45) is 35.0 Å². The Bertz CT molecular complexity index is 412. The highest BCUT2D eigenvalue weighted by Gasteiger charge is 2.68. The fourth-order valence-electron chi connectivity index (χ4n) is 6.13. The van der Waals surface area contributed by atoms with Crippen LogP contribution in [0, 0.1) is 35.0 Å². The van der Waals surface area contributed by atoms with Gasteiger partial charge in [0.2, 0.25) is 5.91 Å². The van der Waals surface area contributed by atoms with Crippen molar-refractivity contribution >= 4 is 5.91 Å².